The minimum absolute atomic E-state index is 0.164. The molecular weight excluding hydrogens is 190 g/mol. The van der Waals surface area contributed by atoms with E-state index >= 15 is 0 Å². The van der Waals surface area contributed by atoms with E-state index in [1.54, 1.807) is 12.0 Å². The van der Waals surface area contributed by atoms with E-state index in [9.17, 15) is 4.79 Å². The van der Waals surface area contributed by atoms with Gasteiger partial charge in [0.05, 0.1) is 6.54 Å². The molecule has 0 N–H and O–H groups in total. The fourth-order valence-corrected chi connectivity index (χ4v) is 1.50. The van der Waals surface area contributed by atoms with E-state index in [1.807, 2.05) is 0 Å². The molecule has 0 bridgehead atoms. The number of hydrogen-bond acceptors (Lipinski definition) is 2. The lowest BCUT2D eigenvalue weighted by Gasteiger charge is -2.19. The van der Waals surface area contributed by atoms with Gasteiger partial charge in [-0.1, -0.05) is 5.92 Å². The first-order chi connectivity index (χ1) is 7.27. The van der Waals surface area contributed by atoms with Crippen LogP contribution in [0.1, 0.15) is 25.7 Å². The van der Waals surface area contributed by atoms with Gasteiger partial charge in [-0.15, -0.1) is 6.42 Å². The standard InChI is InChI=1S/C12H19NO2/c1-3-8-13(10-11-6-7-11)12(14)5-4-9-15-2/h1,11H,4-10H2,2H3. The van der Waals surface area contributed by atoms with Crippen LogP contribution >= 0.6 is 0 Å². The maximum atomic E-state index is 11.7. The van der Waals surface area contributed by atoms with E-state index in [4.69, 9.17) is 11.2 Å². The Morgan fingerprint density at radius 2 is 2.33 bits per heavy atom. The summed E-state index contributed by atoms with van der Waals surface area (Å²) in [5, 5.41) is 0. The van der Waals surface area contributed by atoms with Crippen molar-refractivity contribution in [1.82, 2.24) is 4.90 Å². The van der Waals surface area contributed by atoms with Gasteiger partial charge in [0.25, 0.3) is 0 Å². The molecule has 0 saturated heterocycles. The molecule has 0 aromatic rings. The number of methoxy groups -OCH3 is 1. The van der Waals surface area contributed by atoms with E-state index in [0.29, 0.717) is 25.5 Å². The zero-order valence-corrected chi connectivity index (χ0v) is 9.37. The summed E-state index contributed by atoms with van der Waals surface area (Å²) < 4.78 is 4.91. The quantitative estimate of drug-likeness (QED) is 0.467. The minimum atomic E-state index is 0.164. The molecule has 0 aromatic heterocycles. The largest absolute Gasteiger partial charge is 0.385 e. The first-order valence-corrected chi connectivity index (χ1v) is 5.48. The van der Waals surface area contributed by atoms with Crippen LogP contribution in [0.4, 0.5) is 0 Å². The normalized spacial score (nSPS) is 14.7. The van der Waals surface area contributed by atoms with Crippen LogP contribution in [0.15, 0.2) is 0 Å². The Bertz CT molecular complexity index is 240. The molecule has 84 valence electrons. The summed E-state index contributed by atoms with van der Waals surface area (Å²) in [7, 11) is 1.65. The number of nitrogens with zero attached hydrogens (tertiary/aromatic N) is 1. The van der Waals surface area contributed by atoms with Crippen molar-refractivity contribution in [3.63, 3.8) is 0 Å². The van der Waals surface area contributed by atoms with Gasteiger partial charge in [-0.25, -0.2) is 0 Å². The summed E-state index contributed by atoms with van der Waals surface area (Å²) in [5.74, 6) is 3.41. The van der Waals surface area contributed by atoms with Crippen LogP contribution in [0.3, 0.4) is 0 Å². The second kappa shape index (κ2) is 6.47. The molecule has 1 aliphatic carbocycles. The number of ether oxygens (including phenoxy) is 1. The highest BCUT2D eigenvalue weighted by Crippen LogP contribution is 2.29. The summed E-state index contributed by atoms with van der Waals surface area (Å²) in [4.78, 5) is 13.5. The van der Waals surface area contributed by atoms with Crippen molar-refractivity contribution < 1.29 is 9.53 Å². The number of carbonyl (C=O) groups excluding carboxylic acids is 1. The van der Waals surface area contributed by atoms with E-state index in [0.717, 1.165) is 13.0 Å². The average Bonchev–Trinajstić information content (AvgIpc) is 3.01. The Morgan fingerprint density at radius 3 is 2.87 bits per heavy atom. The Balaban J connectivity index is 2.26. The van der Waals surface area contributed by atoms with Gasteiger partial charge in [0, 0.05) is 26.7 Å². The Kier molecular flexibility index (Phi) is 5.20. The van der Waals surface area contributed by atoms with Crippen LogP contribution in [0.5, 0.6) is 0 Å². The molecule has 1 saturated carbocycles. The van der Waals surface area contributed by atoms with E-state index in [1.165, 1.54) is 12.8 Å². The summed E-state index contributed by atoms with van der Waals surface area (Å²) >= 11 is 0. The number of rotatable bonds is 7. The Labute approximate surface area is 91.8 Å². The molecule has 3 nitrogen and oxygen atoms in total. The van der Waals surface area contributed by atoms with Crippen molar-refractivity contribution in [3.8, 4) is 12.3 Å². The van der Waals surface area contributed by atoms with Crippen molar-refractivity contribution in [1.29, 1.82) is 0 Å². The van der Waals surface area contributed by atoms with Gasteiger partial charge in [0.1, 0.15) is 0 Å². The molecule has 0 spiro atoms. The molecule has 0 unspecified atom stereocenters. The average molecular weight is 209 g/mol. The maximum absolute atomic E-state index is 11.7. The topological polar surface area (TPSA) is 29.5 Å². The van der Waals surface area contributed by atoms with Gasteiger partial charge >= 0.3 is 0 Å². The predicted octanol–water partition coefficient (Wildman–Crippen LogP) is 1.28. The zero-order valence-electron chi connectivity index (χ0n) is 9.37. The van der Waals surface area contributed by atoms with Crippen molar-refractivity contribution in [2.45, 2.75) is 25.7 Å². The zero-order chi connectivity index (χ0) is 11.1. The molecular formula is C12H19NO2. The number of hydrogen-bond donors (Lipinski definition) is 0. The number of carbonyl (C=O) groups is 1. The van der Waals surface area contributed by atoms with Crippen molar-refractivity contribution in [2.75, 3.05) is 26.8 Å². The van der Waals surface area contributed by atoms with Gasteiger partial charge in [0.2, 0.25) is 5.91 Å². The van der Waals surface area contributed by atoms with Gasteiger partial charge < -0.3 is 9.64 Å². The van der Waals surface area contributed by atoms with E-state index < -0.39 is 0 Å². The first-order valence-electron chi connectivity index (χ1n) is 5.48. The Morgan fingerprint density at radius 1 is 1.60 bits per heavy atom. The molecule has 1 aliphatic rings. The summed E-state index contributed by atoms with van der Waals surface area (Å²) in [6, 6.07) is 0. The van der Waals surface area contributed by atoms with Gasteiger partial charge in [-0.2, -0.15) is 0 Å². The van der Waals surface area contributed by atoms with E-state index in [-0.39, 0.29) is 5.91 Å². The Hall–Kier alpha value is -1.01. The summed E-state index contributed by atoms with van der Waals surface area (Å²) in [6.45, 7) is 1.93. The molecule has 0 aliphatic heterocycles. The lowest BCUT2D eigenvalue weighted by molar-refractivity contribution is -0.131. The number of terminal acetylenes is 1. The second-order valence-corrected chi connectivity index (χ2v) is 4.02. The van der Waals surface area contributed by atoms with Crippen molar-refractivity contribution >= 4 is 5.91 Å². The third-order valence-corrected chi connectivity index (χ3v) is 2.55. The molecule has 0 radical (unpaired) electrons. The third-order valence-electron chi connectivity index (χ3n) is 2.55. The highest BCUT2D eigenvalue weighted by atomic mass is 16.5. The summed E-state index contributed by atoms with van der Waals surface area (Å²) in [6.07, 6.45) is 9.06. The molecule has 0 atom stereocenters. The first kappa shape index (κ1) is 12.1. The highest BCUT2D eigenvalue weighted by Gasteiger charge is 2.25. The van der Waals surface area contributed by atoms with E-state index in [2.05, 4.69) is 5.92 Å². The molecule has 1 fully saturated rings. The minimum Gasteiger partial charge on any atom is -0.385 e. The lowest BCUT2D eigenvalue weighted by atomic mass is 10.2. The monoisotopic (exact) mass is 209 g/mol. The van der Waals surface area contributed by atoms with Crippen LogP contribution in [-0.4, -0.2) is 37.6 Å². The highest BCUT2D eigenvalue weighted by molar-refractivity contribution is 5.76. The van der Waals surface area contributed by atoms with Crippen molar-refractivity contribution in [3.05, 3.63) is 0 Å². The molecule has 0 heterocycles. The van der Waals surface area contributed by atoms with Gasteiger partial charge in [-0.3, -0.25) is 4.79 Å². The van der Waals surface area contributed by atoms with Crippen LogP contribution in [0.2, 0.25) is 0 Å². The van der Waals surface area contributed by atoms with Crippen LogP contribution in [0.25, 0.3) is 0 Å². The SMILES string of the molecule is C#CCN(CC1CC1)C(=O)CCCOC. The fourth-order valence-electron chi connectivity index (χ4n) is 1.50. The lowest BCUT2D eigenvalue weighted by Crippen LogP contribution is -2.33. The van der Waals surface area contributed by atoms with Gasteiger partial charge in [0.15, 0.2) is 0 Å². The van der Waals surface area contributed by atoms with Crippen molar-refractivity contribution in [2.24, 2.45) is 5.92 Å². The van der Waals surface area contributed by atoms with Gasteiger partial charge in [-0.05, 0) is 25.2 Å². The third kappa shape index (κ3) is 4.85. The second-order valence-electron chi connectivity index (χ2n) is 4.02. The molecule has 15 heavy (non-hydrogen) atoms. The predicted molar refractivity (Wildman–Crippen MR) is 59.2 cm³/mol. The smallest absolute Gasteiger partial charge is 0.223 e. The fraction of sp³-hybridized carbons (Fsp3) is 0.750. The van der Waals surface area contributed by atoms with Crippen LogP contribution in [-0.2, 0) is 9.53 Å². The molecule has 1 amide bonds. The van der Waals surface area contributed by atoms with Crippen LogP contribution < -0.4 is 0 Å². The number of amides is 1. The molecule has 0 aromatic carbocycles. The summed E-state index contributed by atoms with van der Waals surface area (Å²) in [5.41, 5.74) is 0. The molecule has 3 heteroatoms. The van der Waals surface area contributed by atoms with Crippen LogP contribution in [0, 0.1) is 18.3 Å². The maximum Gasteiger partial charge on any atom is 0.223 e. The molecule has 1 rings (SSSR count).